The highest BCUT2D eigenvalue weighted by atomic mass is 16.7. The highest BCUT2D eigenvalue weighted by molar-refractivity contribution is 5.75. The molecule has 0 aromatic carbocycles. The molecule has 0 aromatic heterocycles. The first-order valence-corrected chi connectivity index (χ1v) is 21.4. The Hall–Kier alpha value is -3.91. The molecule has 3 heterocycles. The van der Waals surface area contributed by atoms with Gasteiger partial charge in [0.1, 0.15) is 18.3 Å². The number of rotatable bonds is 17. The third-order valence-electron chi connectivity index (χ3n) is 11.4. The second-order valence-corrected chi connectivity index (χ2v) is 20.9. The minimum absolute atomic E-state index is 0.0713. The van der Waals surface area contributed by atoms with E-state index in [9.17, 15) is 38.7 Å². The minimum atomic E-state index is -1.21. The highest BCUT2D eigenvalue weighted by Crippen LogP contribution is 2.42. The van der Waals surface area contributed by atoms with Crippen molar-refractivity contribution in [2.75, 3.05) is 39.3 Å². The summed E-state index contributed by atoms with van der Waals surface area (Å²) in [4.78, 5) is 110. The van der Waals surface area contributed by atoms with Crippen molar-refractivity contribution < 1.29 is 67.4 Å². The number of aliphatic carboxylic acids is 1. The Morgan fingerprint density at radius 2 is 0.645 bits per heavy atom. The van der Waals surface area contributed by atoms with Gasteiger partial charge in [-0.3, -0.25) is 29.0 Å². The molecule has 0 spiro atoms. The molecule has 19 heteroatoms. The molecule has 0 aromatic rings. The van der Waals surface area contributed by atoms with Gasteiger partial charge in [0.25, 0.3) is 0 Å². The molecule has 3 aliphatic heterocycles. The molecule has 3 saturated heterocycles. The van der Waals surface area contributed by atoms with Crippen LogP contribution in [0, 0.1) is 0 Å². The fraction of sp³-hybridized carbons (Fsp3) is 0.837. The molecule has 3 aliphatic rings. The number of nitrogens with zero attached hydrogens (tertiary/aromatic N) is 5. The van der Waals surface area contributed by atoms with Crippen LogP contribution in [-0.4, -0.2) is 163 Å². The van der Waals surface area contributed by atoms with E-state index in [2.05, 4.69) is 0 Å². The number of hydroxylamine groups is 6. The zero-order valence-corrected chi connectivity index (χ0v) is 39.7. The number of carbonyl (C=O) groups is 7. The summed E-state index contributed by atoms with van der Waals surface area (Å²) in [6.45, 7) is 24.4. The Bertz CT molecular complexity index is 1550. The minimum Gasteiger partial charge on any atom is -0.480 e. The lowest BCUT2D eigenvalue weighted by Gasteiger charge is -2.52. The summed E-state index contributed by atoms with van der Waals surface area (Å²) in [6.07, 6.45) is 1.13. The number of carbonyl (C=O) groups excluding carboxylic acids is 6. The topological polar surface area (TPSA) is 211 Å². The lowest BCUT2D eigenvalue weighted by molar-refractivity contribution is -0.280. The van der Waals surface area contributed by atoms with Crippen molar-refractivity contribution >= 4 is 41.8 Å². The lowest BCUT2D eigenvalue weighted by Crippen LogP contribution is -2.63. The van der Waals surface area contributed by atoms with Crippen molar-refractivity contribution in [1.29, 1.82) is 0 Å². The molecule has 354 valence electrons. The molecule has 0 saturated carbocycles. The second-order valence-electron chi connectivity index (χ2n) is 20.9. The number of carboxylic acids is 1. The zero-order chi connectivity index (χ0) is 47.4. The monoisotopic (exact) mass is 884 g/mol. The van der Waals surface area contributed by atoms with E-state index < -0.39 is 120 Å². The van der Waals surface area contributed by atoms with Crippen LogP contribution >= 0.6 is 0 Å². The molecule has 0 unspecified atom stereocenters. The molecular formula is C43H73N5O14. The quantitative estimate of drug-likeness (QED) is 0.163. The summed E-state index contributed by atoms with van der Waals surface area (Å²) in [6, 6.07) is 0. The highest BCUT2D eigenvalue weighted by Gasteiger charge is 2.52. The van der Waals surface area contributed by atoms with Crippen molar-refractivity contribution in [3.05, 3.63) is 0 Å². The van der Waals surface area contributed by atoms with E-state index in [0.717, 1.165) is 0 Å². The van der Waals surface area contributed by atoms with E-state index in [1.807, 2.05) is 83.1 Å². The number of carboxylic acid groups (broad SMARTS) is 1. The summed E-state index contributed by atoms with van der Waals surface area (Å²) in [5, 5.41) is 14.6. The summed E-state index contributed by atoms with van der Waals surface area (Å²) >= 11 is 0. The number of hydrogen-bond donors (Lipinski definition) is 1. The van der Waals surface area contributed by atoms with Gasteiger partial charge in [0.2, 0.25) is 0 Å². The van der Waals surface area contributed by atoms with Crippen LogP contribution < -0.4 is 0 Å². The Morgan fingerprint density at radius 3 is 0.839 bits per heavy atom. The third kappa shape index (κ3) is 14.8. The first kappa shape index (κ1) is 52.4. The molecule has 0 bridgehead atoms. The molecule has 0 aliphatic carbocycles. The summed E-state index contributed by atoms with van der Waals surface area (Å²) in [7, 11) is 0. The van der Waals surface area contributed by atoms with Crippen molar-refractivity contribution in [2.45, 2.75) is 194 Å². The number of ether oxygens (including phenoxy) is 3. The van der Waals surface area contributed by atoms with E-state index in [1.165, 1.54) is 30.6 Å². The molecule has 3 fully saturated rings. The van der Waals surface area contributed by atoms with E-state index in [4.69, 9.17) is 28.7 Å². The Morgan fingerprint density at radius 1 is 0.435 bits per heavy atom. The van der Waals surface area contributed by atoms with Gasteiger partial charge in [-0.05, 0) is 83.1 Å². The lowest BCUT2D eigenvalue weighted by atomic mass is 9.80. The van der Waals surface area contributed by atoms with Gasteiger partial charge in [0, 0.05) is 72.4 Å². The largest absolute Gasteiger partial charge is 0.480 e. The standard InChI is InChI=1S/C43H73N5O14/c1-28(49)57-31-18-38(4,5)46(39(6,7)19-31)60-35(54)25-44(24-34(52)53)16-17-45(26-36(55)61-47-40(8,9)20-32(58-29(2)50)21-41(47,10)11)27-37(56)62-48-42(12,13)22-33(59-30(3)51)23-43(48,14)15/h31-33H,16-27H2,1-15H3,(H,52,53). The maximum absolute atomic E-state index is 13.9. The van der Waals surface area contributed by atoms with Gasteiger partial charge in [-0.25, -0.2) is 14.4 Å². The normalized spacial score (nSPS) is 22.7. The number of piperidine rings is 3. The van der Waals surface area contributed by atoms with Crippen molar-refractivity contribution in [2.24, 2.45) is 0 Å². The SMILES string of the molecule is CC(=O)OC1CC(C)(C)N(OC(=O)CN(CCN(CC(=O)ON2C(C)(C)CC(OC(C)=O)CC2(C)C)CC(=O)ON2C(C)(C)CC(OC(C)=O)CC2(C)C)CC(=O)O)C(C)(C)C1. The van der Waals surface area contributed by atoms with E-state index in [-0.39, 0.29) is 13.1 Å². The van der Waals surface area contributed by atoms with Gasteiger partial charge < -0.3 is 33.8 Å². The van der Waals surface area contributed by atoms with E-state index in [1.54, 1.807) is 15.2 Å². The second kappa shape index (κ2) is 19.9. The molecule has 1 N–H and O–H groups in total. The average molecular weight is 884 g/mol. The van der Waals surface area contributed by atoms with Crippen LogP contribution in [0.25, 0.3) is 0 Å². The van der Waals surface area contributed by atoms with Gasteiger partial charge in [-0.15, -0.1) is 15.2 Å². The Kier molecular flexibility index (Phi) is 16.8. The molecule has 62 heavy (non-hydrogen) atoms. The molecule has 3 rings (SSSR count). The maximum atomic E-state index is 13.9. The van der Waals surface area contributed by atoms with Gasteiger partial charge in [0.05, 0.1) is 59.4 Å². The van der Waals surface area contributed by atoms with Gasteiger partial charge >= 0.3 is 41.8 Å². The molecule has 0 amide bonds. The first-order valence-electron chi connectivity index (χ1n) is 21.4. The molecule has 0 radical (unpaired) electrons. The van der Waals surface area contributed by atoms with Gasteiger partial charge in [-0.1, -0.05) is 0 Å². The van der Waals surface area contributed by atoms with Gasteiger partial charge in [-0.2, -0.15) is 0 Å². The Balaban J connectivity index is 1.84. The van der Waals surface area contributed by atoms with Crippen molar-refractivity contribution in [3.8, 4) is 0 Å². The number of hydrogen-bond acceptors (Lipinski definition) is 18. The van der Waals surface area contributed by atoms with Crippen LogP contribution in [0.15, 0.2) is 0 Å². The molecule has 0 atom stereocenters. The number of esters is 3. The van der Waals surface area contributed by atoms with Gasteiger partial charge in [0.15, 0.2) is 0 Å². The van der Waals surface area contributed by atoms with Crippen LogP contribution in [-0.2, 0) is 62.3 Å². The zero-order valence-electron chi connectivity index (χ0n) is 39.7. The molecule has 19 nitrogen and oxygen atoms in total. The van der Waals surface area contributed by atoms with E-state index >= 15 is 0 Å². The summed E-state index contributed by atoms with van der Waals surface area (Å²) in [5.41, 5.74) is -4.51. The molecular weight excluding hydrogens is 810 g/mol. The van der Waals surface area contributed by atoms with E-state index in [0.29, 0.717) is 38.5 Å². The smallest absolute Gasteiger partial charge is 0.339 e. The van der Waals surface area contributed by atoms with Crippen LogP contribution in [0.3, 0.4) is 0 Å². The van der Waals surface area contributed by atoms with Crippen LogP contribution in [0.5, 0.6) is 0 Å². The third-order valence-corrected chi connectivity index (χ3v) is 11.4. The first-order chi connectivity index (χ1) is 28.1. The fourth-order valence-corrected chi connectivity index (χ4v) is 10.1. The fourth-order valence-electron chi connectivity index (χ4n) is 10.1. The predicted molar refractivity (Wildman–Crippen MR) is 223 cm³/mol. The predicted octanol–water partition coefficient (Wildman–Crippen LogP) is 3.80. The summed E-state index contributed by atoms with van der Waals surface area (Å²) in [5.74, 6) is -4.59. The maximum Gasteiger partial charge on any atom is 0.339 e. The Labute approximate surface area is 366 Å². The van der Waals surface area contributed by atoms with Crippen molar-refractivity contribution in [1.82, 2.24) is 25.0 Å². The van der Waals surface area contributed by atoms with Crippen LogP contribution in [0.1, 0.15) is 142 Å². The van der Waals surface area contributed by atoms with Crippen LogP contribution in [0.4, 0.5) is 0 Å². The average Bonchev–Trinajstić information content (AvgIpc) is 3.02. The summed E-state index contributed by atoms with van der Waals surface area (Å²) < 4.78 is 16.6. The van der Waals surface area contributed by atoms with Crippen LogP contribution in [0.2, 0.25) is 0 Å². The van der Waals surface area contributed by atoms with Crippen molar-refractivity contribution in [3.63, 3.8) is 0 Å².